The fourth-order valence-electron chi connectivity index (χ4n) is 2.58. The van der Waals surface area contributed by atoms with Gasteiger partial charge in [0.2, 0.25) is 0 Å². The quantitative estimate of drug-likeness (QED) is 0.591. The Kier molecular flexibility index (Phi) is 6.41. The molecule has 1 amide bonds. The molecule has 0 aliphatic carbocycles. The van der Waals surface area contributed by atoms with E-state index in [9.17, 15) is 13.2 Å². The van der Waals surface area contributed by atoms with Crippen molar-refractivity contribution in [2.75, 3.05) is 11.8 Å². The number of hydrogen-bond donors (Lipinski definition) is 2. The van der Waals surface area contributed by atoms with Crippen LogP contribution in [0.1, 0.15) is 15.9 Å². The van der Waals surface area contributed by atoms with E-state index in [1.807, 2.05) is 24.3 Å². The van der Waals surface area contributed by atoms with Crippen LogP contribution >= 0.6 is 11.6 Å². The Labute approximate surface area is 174 Å². The van der Waals surface area contributed by atoms with Crippen LogP contribution in [0.4, 0.5) is 5.69 Å². The Morgan fingerprint density at radius 1 is 1.00 bits per heavy atom. The topological polar surface area (TPSA) is 84.5 Å². The van der Waals surface area contributed by atoms with E-state index in [0.717, 1.165) is 5.56 Å². The molecule has 0 aliphatic heterocycles. The molecule has 3 aromatic rings. The van der Waals surface area contributed by atoms with E-state index in [-0.39, 0.29) is 10.8 Å². The van der Waals surface area contributed by atoms with Crippen LogP contribution in [0.15, 0.2) is 77.7 Å². The van der Waals surface area contributed by atoms with Gasteiger partial charge in [0.05, 0.1) is 12.0 Å². The summed E-state index contributed by atoms with van der Waals surface area (Å²) in [4.78, 5) is 12.4. The van der Waals surface area contributed by atoms with Crippen molar-refractivity contribution in [2.24, 2.45) is 0 Å². The van der Waals surface area contributed by atoms with Gasteiger partial charge in [-0.2, -0.15) is 0 Å². The first-order valence-corrected chi connectivity index (χ1v) is 10.5. The number of halogens is 1. The number of sulfonamides is 1. The Hall–Kier alpha value is -3.03. The fourth-order valence-corrected chi connectivity index (χ4v) is 3.77. The van der Waals surface area contributed by atoms with E-state index in [1.54, 1.807) is 19.2 Å². The van der Waals surface area contributed by atoms with Gasteiger partial charge >= 0.3 is 0 Å². The molecule has 3 aromatic carbocycles. The van der Waals surface area contributed by atoms with Gasteiger partial charge in [0, 0.05) is 22.8 Å². The third kappa shape index (κ3) is 5.49. The minimum atomic E-state index is -3.74. The van der Waals surface area contributed by atoms with Gasteiger partial charge in [0.15, 0.2) is 0 Å². The van der Waals surface area contributed by atoms with Crippen LogP contribution in [-0.2, 0) is 16.6 Å². The molecule has 8 heteroatoms. The van der Waals surface area contributed by atoms with Gasteiger partial charge in [-0.15, -0.1) is 0 Å². The summed E-state index contributed by atoms with van der Waals surface area (Å²) < 4.78 is 32.4. The molecule has 0 aliphatic rings. The zero-order chi connectivity index (χ0) is 20.9. The summed E-state index contributed by atoms with van der Waals surface area (Å²) in [6.07, 6.45) is 0. The highest BCUT2D eigenvalue weighted by atomic mass is 35.5. The van der Waals surface area contributed by atoms with Crippen molar-refractivity contribution >= 4 is 33.2 Å². The summed E-state index contributed by atoms with van der Waals surface area (Å²) in [5.41, 5.74) is 1.68. The number of hydrogen-bond acceptors (Lipinski definition) is 4. The molecule has 0 radical (unpaired) electrons. The Balaban J connectivity index is 1.63. The molecule has 29 heavy (non-hydrogen) atoms. The second-order valence-electron chi connectivity index (χ2n) is 6.17. The van der Waals surface area contributed by atoms with Gasteiger partial charge in [-0.25, -0.2) is 8.42 Å². The van der Waals surface area contributed by atoms with E-state index in [1.165, 1.54) is 36.4 Å². The molecule has 0 spiro atoms. The molecule has 0 aromatic heterocycles. The molecule has 2 N–H and O–H groups in total. The maximum Gasteiger partial charge on any atom is 0.261 e. The number of benzene rings is 3. The molecule has 0 heterocycles. The molecule has 6 nitrogen and oxygen atoms in total. The van der Waals surface area contributed by atoms with Crippen molar-refractivity contribution in [3.63, 3.8) is 0 Å². The number of nitrogens with one attached hydrogen (secondary N) is 2. The summed E-state index contributed by atoms with van der Waals surface area (Å²) in [5, 5.41) is 3.27. The summed E-state index contributed by atoms with van der Waals surface area (Å²) >= 11 is 5.79. The third-order valence-electron chi connectivity index (χ3n) is 4.11. The van der Waals surface area contributed by atoms with Crippen LogP contribution in [0, 0.1) is 0 Å². The van der Waals surface area contributed by atoms with Crippen molar-refractivity contribution in [3.05, 3.63) is 88.9 Å². The number of amides is 1. The number of carbonyl (C=O) groups is 1. The van der Waals surface area contributed by atoms with Gasteiger partial charge in [-0.1, -0.05) is 23.7 Å². The normalized spacial score (nSPS) is 11.0. The molecule has 0 bridgehead atoms. The lowest BCUT2D eigenvalue weighted by molar-refractivity contribution is 0.0951. The molecular weight excluding hydrogens is 412 g/mol. The molecular formula is C21H19ClN2O4S. The summed E-state index contributed by atoms with van der Waals surface area (Å²) in [6, 6.07) is 19.4. The minimum absolute atomic E-state index is 0.0991. The average molecular weight is 431 g/mol. The van der Waals surface area contributed by atoms with E-state index in [0.29, 0.717) is 28.6 Å². The maximum atomic E-state index is 12.4. The lowest BCUT2D eigenvalue weighted by atomic mass is 10.1. The van der Waals surface area contributed by atoms with Crippen molar-refractivity contribution in [1.29, 1.82) is 0 Å². The van der Waals surface area contributed by atoms with Crippen molar-refractivity contribution < 1.29 is 17.9 Å². The largest absolute Gasteiger partial charge is 0.497 e. The highest BCUT2D eigenvalue weighted by Gasteiger charge is 2.14. The number of anilines is 1. The van der Waals surface area contributed by atoms with Crippen LogP contribution in [0.5, 0.6) is 5.75 Å². The predicted octanol–water partition coefficient (Wildman–Crippen LogP) is 4.08. The zero-order valence-corrected chi connectivity index (χ0v) is 17.1. The molecule has 0 fully saturated rings. The lowest BCUT2D eigenvalue weighted by Crippen LogP contribution is -2.22. The minimum Gasteiger partial charge on any atom is -0.497 e. The first-order valence-electron chi connectivity index (χ1n) is 8.67. The maximum absolute atomic E-state index is 12.4. The van der Waals surface area contributed by atoms with Gasteiger partial charge in [-0.05, 0) is 66.2 Å². The van der Waals surface area contributed by atoms with Crippen molar-refractivity contribution in [3.8, 4) is 5.75 Å². The molecule has 0 saturated heterocycles. The van der Waals surface area contributed by atoms with Crippen LogP contribution in [0.2, 0.25) is 5.02 Å². The number of methoxy groups -OCH3 is 1. The number of ether oxygens (including phenoxy) is 1. The first kappa shape index (κ1) is 20.7. The third-order valence-corrected chi connectivity index (χ3v) is 5.76. The van der Waals surface area contributed by atoms with Gasteiger partial charge < -0.3 is 10.1 Å². The smallest absolute Gasteiger partial charge is 0.261 e. The van der Waals surface area contributed by atoms with Gasteiger partial charge in [0.1, 0.15) is 5.75 Å². The van der Waals surface area contributed by atoms with Crippen LogP contribution in [-0.4, -0.2) is 21.4 Å². The lowest BCUT2D eigenvalue weighted by Gasteiger charge is -2.10. The Bertz CT molecular complexity index is 1100. The number of rotatable bonds is 7. The van der Waals surface area contributed by atoms with Crippen molar-refractivity contribution in [2.45, 2.75) is 11.4 Å². The molecule has 150 valence electrons. The van der Waals surface area contributed by atoms with Crippen LogP contribution in [0.25, 0.3) is 0 Å². The summed E-state index contributed by atoms with van der Waals surface area (Å²) in [5.74, 6) is 0.453. The fraction of sp³-hybridized carbons (Fsp3) is 0.0952. The summed E-state index contributed by atoms with van der Waals surface area (Å²) in [7, 11) is -2.15. The second-order valence-corrected chi connectivity index (χ2v) is 8.29. The van der Waals surface area contributed by atoms with Crippen LogP contribution < -0.4 is 14.8 Å². The van der Waals surface area contributed by atoms with E-state index < -0.39 is 10.0 Å². The average Bonchev–Trinajstić information content (AvgIpc) is 2.73. The van der Waals surface area contributed by atoms with E-state index in [2.05, 4.69) is 10.0 Å². The molecule has 0 saturated carbocycles. The van der Waals surface area contributed by atoms with Crippen molar-refractivity contribution in [1.82, 2.24) is 5.32 Å². The van der Waals surface area contributed by atoms with E-state index >= 15 is 0 Å². The van der Waals surface area contributed by atoms with Gasteiger partial charge in [0.25, 0.3) is 15.9 Å². The summed E-state index contributed by atoms with van der Waals surface area (Å²) in [6.45, 7) is 0.348. The second kappa shape index (κ2) is 8.98. The molecule has 0 unspecified atom stereocenters. The first-order chi connectivity index (χ1) is 13.9. The Morgan fingerprint density at radius 2 is 1.69 bits per heavy atom. The highest BCUT2D eigenvalue weighted by Crippen LogP contribution is 2.19. The SMILES string of the molecule is COc1cccc(CNC(=O)c2ccc(NS(=O)(=O)c3ccc(Cl)cc3)cc2)c1. The predicted molar refractivity (Wildman–Crippen MR) is 113 cm³/mol. The van der Waals surface area contributed by atoms with E-state index in [4.69, 9.17) is 16.3 Å². The highest BCUT2D eigenvalue weighted by molar-refractivity contribution is 7.92. The number of carbonyl (C=O) groups excluding carboxylic acids is 1. The molecule has 0 atom stereocenters. The van der Waals surface area contributed by atoms with Crippen LogP contribution in [0.3, 0.4) is 0 Å². The zero-order valence-electron chi connectivity index (χ0n) is 15.6. The molecule has 3 rings (SSSR count). The Morgan fingerprint density at radius 3 is 2.34 bits per heavy atom. The monoisotopic (exact) mass is 430 g/mol. The standard InChI is InChI=1S/C21H19ClN2O4S/c1-28-19-4-2-3-15(13-19)14-23-21(25)16-5-9-18(10-6-16)24-29(26,27)20-11-7-17(22)8-12-20/h2-13,24H,14H2,1H3,(H,23,25). The van der Waals surface area contributed by atoms with Gasteiger partial charge in [-0.3, -0.25) is 9.52 Å².